The van der Waals surface area contributed by atoms with Crippen LogP contribution in [0, 0.1) is 6.92 Å². The van der Waals surface area contributed by atoms with Crippen molar-refractivity contribution in [1.29, 1.82) is 0 Å². The number of rotatable bonds is 5. The maximum absolute atomic E-state index is 11.7. The van der Waals surface area contributed by atoms with E-state index >= 15 is 0 Å². The molecule has 23 heavy (non-hydrogen) atoms. The monoisotopic (exact) mass is 309 g/mol. The van der Waals surface area contributed by atoms with Gasteiger partial charge >= 0.3 is 5.97 Å². The molecular formula is C18H19N3O2. The van der Waals surface area contributed by atoms with E-state index in [0.29, 0.717) is 22.4 Å². The van der Waals surface area contributed by atoms with Gasteiger partial charge < -0.3 is 5.11 Å². The number of benzene rings is 1. The number of hydrogen-bond acceptors (Lipinski definition) is 3. The second kappa shape index (κ2) is 6.20. The number of pyridine rings is 1. The molecule has 1 N–H and O–H groups in total. The third-order valence-electron chi connectivity index (χ3n) is 3.90. The fraction of sp³-hybridized carbons (Fsp3) is 0.278. The summed E-state index contributed by atoms with van der Waals surface area (Å²) in [5.41, 5.74) is 3.18. The average molecular weight is 309 g/mol. The molecule has 0 fully saturated rings. The second-order valence-electron chi connectivity index (χ2n) is 5.59. The number of nitrogens with zero attached hydrogens (tertiary/aromatic N) is 3. The lowest BCUT2D eigenvalue weighted by Crippen LogP contribution is -2.04. The number of aromatic nitrogens is 3. The Bertz CT molecular complexity index is 854. The smallest absolute Gasteiger partial charge is 0.336 e. The molecule has 3 aromatic rings. The van der Waals surface area contributed by atoms with Gasteiger partial charge in [0.15, 0.2) is 5.65 Å². The van der Waals surface area contributed by atoms with Crippen LogP contribution in [-0.4, -0.2) is 25.8 Å². The van der Waals surface area contributed by atoms with Crippen molar-refractivity contribution in [2.24, 2.45) is 0 Å². The summed E-state index contributed by atoms with van der Waals surface area (Å²) in [4.78, 5) is 16.4. The van der Waals surface area contributed by atoms with Gasteiger partial charge in [-0.05, 0) is 19.4 Å². The van der Waals surface area contributed by atoms with Crippen LogP contribution in [0.5, 0.6) is 0 Å². The van der Waals surface area contributed by atoms with Crippen LogP contribution in [0.15, 0.2) is 36.4 Å². The summed E-state index contributed by atoms with van der Waals surface area (Å²) in [6.45, 7) is 4.69. The molecule has 2 aromatic heterocycles. The molecule has 0 spiro atoms. The Hall–Kier alpha value is -2.69. The zero-order chi connectivity index (χ0) is 16.4. The molecule has 2 heterocycles. The molecule has 3 rings (SSSR count). The summed E-state index contributed by atoms with van der Waals surface area (Å²) < 4.78 is 1.83. The van der Waals surface area contributed by atoms with Crippen molar-refractivity contribution in [2.75, 3.05) is 0 Å². The minimum absolute atomic E-state index is 0.258. The maximum atomic E-state index is 11.7. The van der Waals surface area contributed by atoms with Crippen molar-refractivity contribution in [2.45, 2.75) is 33.2 Å². The molecule has 0 aliphatic carbocycles. The zero-order valence-electron chi connectivity index (χ0n) is 13.3. The molecule has 1 aromatic carbocycles. The molecule has 0 bridgehead atoms. The lowest BCUT2D eigenvalue weighted by molar-refractivity contribution is 0.0699. The van der Waals surface area contributed by atoms with Crippen LogP contribution in [0.2, 0.25) is 0 Å². The first-order valence-electron chi connectivity index (χ1n) is 7.78. The Balaban J connectivity index is 2.26. The van der Waals surface area contributed by atoms with E-state index in [-0.39, 0.29) is 5.56 Å². The van der Waals surface area contributed by atoms with Gasteiger partial charge in [-0.2, -0.15) is 5.10 Å². The van der Waals surface area contributed by atoms with E-state index in [2.05, 4.69) is 12.0 Å². The Kier molecular flexibility index (Phi) is 4.10. The van der Waals surface area contributed by atoms with E-state index in [4.69, 9.17) is 4.98 Å². The van der Waals surface area contributed by atoms with E-state index < -0.39 is 5.97 Å². The number of fused-ring (bicyclic) bond motifs is 1. The lowest BCUT2D eigenvalue weighted by atomic mass is 10.1. The number of carboxylic acids is 1. The molecule has 0 aliphatic rings. The predicted octanol–water partition coefficient (Wildman–Crippen LogP) is 3.91. The van der Waals surface area contributed by atoms with Gasteiger partial charge in [0, 0.05) is 12.1 Å². The van der Waals surface area contributed by atoms with Crippen molar-refractivity contribution in [3.63, 3.8) is 0 Å². The molecule has 0 radical (unpaired) electrons. The van der Waals surface area contributed by atoms with Crippen molar-refractivity contribution < 1.29 is 9.90 Å². The Morgan fingerprint density at radius 1 is 1.26 bits per heavy atom. The van der Waals surface area contributed by atoms with E-state index in [1.165, 1.54) is 0 Å². The van der Waals surface area contributed by atoms with Crippen molar-refractivity contribution >= 4 is 17.0 Å². The van der Waals surface area contributed by atoms with Crippen LogP contribution in [0.4, 0.5) is 0 Å². The first kappa shape index (κ1) is 15.2. The minimum Gasteiger partial charge on any atom is -0.478 e. The highest BCUT2D eigenvalue weighted by molar-refractivity contribution is 6.04. The number of aryl methyl sites for hydroxylation is 2. The van der Waals surface area contributed by atoms with Crippen LogP contribution in [-0.2, 0) is 6.54 Å². The summed E-state index contributed by atoms with van der Waals surface area (Å²) in [5.74, 6) is -0.951. The fourth-order valence-corrected chi connectivity index (χ4v) is 2.74. The number of hydrogen-bond donors (Lipinski definition) is 1. The maximum Gasteiger partial charge on any atom is 0.336 e. The first-order valence-corrected chi connectivity index (χ1v) is 7.78. The zero-order valence-corrected chi connectivity index (χ0v) is 13.3. The van der Waals surface area contributed by atoms with Crippen LogP contribution in [0.1, 0.15) is 35.8 Å². The SMILES string of the molecule is CCCCn1nc(C)c2c(C(=O)O)cc(-c3ccccc3)nc21. The fourth-order valence-electron chi connectivity index (χ4n) is 2.74. The number of carboxylic acid groups (broad SMARTS) is 1. The van der Waals surface area contributed by atoms with Crippen molar-refractivity contribution in [3.05, 3.63) is 47.7 Å². The average Bonchev–Trinajstić information content (AvgIpc) is 2.89. The summed E-state index contributed by atoms with van der Waals surface area (Å²) in [5, 5.41) is 14.7. The molecule has 0 amide bonds. The van der Waals surface area contributed by atoms with Gasteiger partial charge in [-0.15, -0.1) is 0 Å². The molecule has 0 saturated carbocycles. The molecule has 5 heteroatoms. The third-order valence-corrected chi connectivity index (χ3v) is 3.90. The Labute approximate surface area is 134 Å². The minimum atomic E-state index is -0.951. The standard InChI is InChI=1S/C18H19N3O2/c1-3-4-10-21-17-16(12(2)20-21)14(18(22)23)11-15(19-17)13-8-6-5-7-9-13/h5-9,11H,3-4,10H2,1-2H3,(H,22,23). The largest absolute Gasteiger partial charge is 0.478 e. The third kappa shape index (κ3) is 2.82. The van der Waals surface area contributed by atoms with Crippen molar-refractivity contribution in [3.8, 4) is 11.3 Å². The molecule has 0 aliphatic heterocycles. The molecule has 118 valence electrons. The van der Waals surface area contributed by atoms with Crippen LogP contribution >= 0.6 is 0 Å². The highest BCUT2D eigenvalue weighted by Crippen LogP contribution is 2.27. The van der Waals surface area contributed by atoms with Gasteiger partial charge in [-0.1, -0.05) is 43.7 Å². The summed E-state index contributed by atoms with van der Waals surface area (Å²) in [6.07, 6.45) is 2.03. The molecule has 0 unspecified atom stereocenters. The summed E-state index contributed by atoms with van der Waals surface area (Å²) in [6, 6.07) is 11.3. The van der Waals surface area contributed by atoms with E-state index in [0.717, 1.165) is 24.9 Å². The molecule has 0 atom stereocenters. The van der Waals surface area contributed by atoms with Crippen LogP contribution in [0.25, 0.3) is 22.3 Å². The molecule has 0 saturated heterocycles. The number of unbranched alkanes of at least 4 members (excludes halogenated alkanes) is 1. The van der Waals surface area contributed by atoms with Gasteiger partial charge in [-0.25, -0.2) is 14.5 Å². The number of carbonyl (C=O) groups is 1. The lowest BCUT2D eigenvalue weighted by Gasteiger charge is -2.06. The normalized spacial score (nSPS) is 11.0. The number of aromatic carboxylic acids is 1. The van der Waals surface area contributed by atoms with Gasteiger partial charge in [0.05, 0.1) is 22.3 Å². The van der Waals surface area contributed by atoms with Gasteiger partial charge in [0.1, 0.15) is 0 Å². The quantitative estimate of drug-likeness (QED) is 0.776. The summed E-state index contributed by atoms with van der Waals surface area (Å²) in [7, 11) is 0. The van der Waals surface area contributed by atoms with E-state index in [1.807, 2.05) is 41.9 Å². The van der Waals surface area contributed by atoms with E-state index in [1.54, 1.807) is 6.07 Å². The van der Waals surface area contributed by atoms with Crippen LogP contribution in [0.3, 0.4) is 0 Å². The van der Waals surface area contributed by atoms with Gasteiger partial charge in [0.25, 0.3) is 0 Å². The van der Waals surface area contributed by atoms with E-state index in [9.17, 15) is 9.90 Å². The topological polar surface area (TPSA) is 68.0 Å². The van der Waals surface area contributed by atoms with Crippen LogP contribution < -0.4 is 0 Å². The second-order valence-corrected chi connectivity index (χ2v) is 5.59. The summed E-state index contributed by atoms with van der Waals surface area (Å²) >= 11 is 0. The predicted molar refractivity (Wildman–Crippen MR) is 89.6 cm³/mol. The molecular weight excluding hydrogens is 290 g/mol. The first-order chi connectivity index (χ1) is 11.1. The Morgan fingerprint density at radius 3 is 2.65 bits per heavy atom. The Morgan fingerprint density at radius 2 is 2.00 bits per heavy atom. The van der Waals surface area contributed by atoms with Crippen molar-refractivity contribution in [1.82, 2.24) is 14.8 Å². The highest BCUT2D eigenvalue weighted by Gasteiger charge is 2.19. The van der Waals surface area contributed by atoms with Gasteiger partial charge in [-0.3, -0.25) is 0 Å². The van der Waals surface area contributed by atoms with Gasteiger partial charge in [0.2, 0.25) is 0 Å². The molecule has 5 nitrogen and oxygen atoms in total. The highest BCUT2D eigenvalue weighted by atomic mass is 16.4.